The van der Waals surface area contributed by atoms with Crippen LogP contribution in [0.4, 0.5) is 0 Å². The molecule has 0 aliphatic carbocycles. The first kappa shape index (κ1) is 18.9. The average molecular weight is 354 g/mol. The molecule has 0 bridgehead atoms. The molecule has 0 spiro atoms. The van der Waals surface area contributed by atoms with E-state index in [1.165, 1.54) is 48.4 Å². The van der Waals surface area contributed by atoms with Crippen LogP contribution in [-0.2, 0) is 4.79 Å². The molecule has 1 amide bonds. The van der Waals surface area contributed by atoms with Gasteiger partial charge in [-0.15, -0.1) is 0 Å². The Morgan fingerprint density at radius 2 is 1.73 bits per heavy atom. The zero-order valence-corrected chi connectivity index (χ0v) is 15.9. The molecule has 0 aromatic heterocycles. The monoisotopic (exact) mass is 353 g/mol. The summed E-state index contributed by atoms with van der Waals surface area (Å²) in [5.74, 6) is 0.0750. The van der Waals surface area contributed by atoms with Gasteiger partial charge in [-0.05, 0) is 35.1 Å². The molecule has 2 atom stereocenters. The van der Waals surface area contributed by atoms with Crippen LogP contribution >= 0.6 is 0 Å². The van der Waals surface area contributed by atoms with E-state index in [1.807, 2.05) is 6.07 Å². The zero-order valence-electron chi connectivity index (χ0n) is 15.9. The van der Waals surface area contributed by atoms with Crippen LogP contribution in [0.2, 0.25) is 0 Å². The van der Waals surface area contributed by atoms with Crippen molar-refractivity contribution in [2.75, 3.05) is 0 Å². The van der Waals surface area contributed by atoms with Crippen molar-refractivity contribution in [3.63, 3.8) is 0 Å². The van der Waals surface area contributed by atoms with Crippen molar-refractivity contribution in [1.29, 1.82) is 0 Å². The largest absolute Gasteiger partial charge is 0.286 e. The topological polar surface area (TPSA) is 40.5 Å². The first-order chi connectivity index (χ1) is 12.7. The molecule has 2 aromatic rings. The fourth-order valence-corrected chi connectivity index (χ4v) is 4.14. The van der Waals surface area contributed by atoms with Gasteiger partial charge in [0, 0.05) is 6.42 Å². The third-order valence-corrected chi connectivity index (χ3v) is 5.71. The maximum Gasteiger partial charge on any atom is 0.246 e. The molecule has 0 saturated carbocycles. The lowest BCUT2D eigenvalue weighted by Crippen LogP contribution is -2.43. The summed E-state index contributed by atoms with van der Waals surface area (Å²) in [5.41, 5.74) is 1.22. The number of hydroxylamine groups is 2. The van der Waals surface area contributed by atoms with Crippen LogP contribution in [0.25, 0.3) is 10.8 Å². The summed E-state index contributed by atoms with van der Waals surface area (Å²) in [4.78, 5) is 12.3. The van der Waals surface area contributed by atoms with Gasteiger partial charge in [-0.3, -0.25) is 10.0 Å². The molecule has 3 rings (SSSR count). The highest BCUT2D eigenvalue weighted by molar-refractivity contribution is 5.83. The molecule has 0 radical (unpaired) electrons. The molecule has 26 heavy (non-hydrogen) atoms. The maximum atomic E-state index is 12.3. The first-order valence-corrected chi connectivity index (χ1v) is 10.2. The number of fused-ring (bicyclic) bond motifs is 1. The lowest BCUT2D eigenvalue weighted by molar-refractivity contribution is -0.184. The molecule has 1 aliphatic heterocycles. The van der Waals surface area contributed by atoms with Crippen molar-refractivity contribution < 1.29 is 10.0 Å². The molecule has 1 aliphatic rings. The third kappa shape index (κ3) is 4.64. The van der Waals surface area contributed by atoms with Gasteiger partial charge in [-0.1, -0.05) is 87.9 Å². The molecule has 1 N–H and O–H groups in total. The predicted molar refractivity (Wildman–Crippen MR) is 106 cm³/mol. The highest BCUT2D eigenvalue weighted by atomic mass is 16.5. The van der Waals surface area contributed by atoms with Crippen LogP contribution < -0.4 is 0 Å². The number of piperidine rings is 1. The zero-order chi connectivity index (χ0) is 18.4. The second-order valence-electron chi connectivity index (χ2n) is 7.69. The summed E-state index contributed by atoms with van der Waals surface area (Å²) in [7, 11) is 0. The van der Waals surface area contributed by atoms with E-state index < -0.39 is 0 Å². The Balaban J connectivity index is 1.62. The Morgan fingerprint density at radius 1 is 1.00 bits per heavy atom. The molecule has 1 fully saturated rings. The number of carbonyl (C=O) groups excluding carboxylic acids is 1. The summed E-state index contributed by atoms with van der Waals surface area (Å²) in [6.07, 6.45) is 9.56. The van der Waals surface area contributed by atoms with Crippen molar-refractivity contribution >= 4 is 16.7 Å². The van der Waals surface area contributed by atoms with E-state index in [4.69, 9.17) is 0 Å². The third-order valence-electron chi connectivity index (χ3n) is 5.71. The van der Waals surface area contributed by atoms with E-state index in [2.05, 4.69) is 43.3 Å². The molecule has 1 saturated heterocycles. The van der Waals surface area contributed by atoms with Gasteiger partial charge in [-0.25, -0.2) is 5.06 Å². The fourth-order valence-electron chi connectivity index (χ4n) is 4.14. The van der Waals surface area contributed by atoms with Gasteiger partial charge in [0.2, 0.25) is 5.91 Å². The highest BCUT2D eigenvalue weighted by Gasteiger charge is 2.33. The standard InChI is InChI=1S/C23H31NO2/c1-2-3-4-5-6-7-12-22-16-21(17-23(25)24(22)26)20-14-13-18-10-8-9-11-19(18)15-20/h8-11,13-15,21-22,26H,2-7,12,16-17H2,1H3/t21-,22+/m0/s1. The van der Waals surface area contributed by atoms with Crippen molar-refractivity contribution in [2.24, 2.45) is 0 Å². The fraction of sp³-hybridized carbons (Fsp3) is 0.522. The van der Waals surface area contributed by atoms with E-state index in [-0.39, 0.29) is 17.9 Å². The number of carbonyl (C=O) groups is 1. The normalized spacial score (nSPS) is 20.7. The van der Waals surface area contributed by atoms with E-state index >= 15 is 0 Å². The van der Waals surface area contributed by atoms with Crippen molar-refractivity contribution in [1.82, 2.24) is 5.06 Å². The molecule has 3 nitrogen and oxygen atoms in total. The number of hydrogen-bond donors (Lipinski definition) is 1. The lowest BCUT2D eigenvalue weighted by atomic mass is 9.83. The van der Waals surface area contributed by atoms with Crippen LogP contribution in [0.1, 0.15) is 76.2 Å². The predicted octanol–water partition coefficient (Wildman–Crippen LogP) is 6.05. The Bertz CT molecular complexity index is 727. The summed E-state index contributed by atoms with van der Waals surface area (Å²) in [6, 6.07) is 14.8. The minimum atomic E-state index is -0.134. The van der Waals surface area contributed by atoms with Gasteiger partial charge in [0.25, 0.3) is 0 Å². The summed E-state index contributed by atoms with van der Waals surface area (Å²) in [6.45, 7) is 2.23. The smallest absolute Gasteiger partial charge is 0.246 e. The van der Waals surface area contributed by atoms with E-state index in [0.717, 1.165) is 24.3 Å². The summed E-state index contributed by atoms with van der Waals surface area (Å²) >= 11 is 0. The molecule has 1 heterocycles. The van der Waals surface area contributed by atoms with Gasteiger partial charge in [-0.2, -0.15) is 0 Å². The maximum absolute atomic E-state index is 12.3. The van der Waals surface area contributed by atoms with Gasteiger partial charge >= 0.3 is 0 Å². The van der Waals surface area contributed by atoms with Crippen molar-refractivity contribution in [3.8, 4) is 0 Å². The summed E-state index contributed by atoms with van der Waals surface area (Å²) in [5, 5.41) is 13.7. The van der Waals surface area contributed by atoms with Crippen LogP contribution in [-0.4, -0.2) is 22.2 Å². The van der Waals surface area contributed by atoms with Gasteiger partial charge in [0.15, 0.2) is 0 Å². The number of rotatable bonds is 8. The second kappa shape index (κ2) is 9.18. The number of unbranched alkanes of at least 4 members (excludes halogenated alkanes) is 5. The molecular formula is C23H31NO2. The average Bonchev–Trinajstić information content (AvgIpc) is 2.67. The van der Waals surface area contributed by atoms with Gasteiger partial charge in [0.05, 0.1) is 6.04 Å². The van der Waals surface area contributed by atoms with E-state index in [0.29, 0.717) is 6.42 Å². The molecule has 140 valence electrons. The SMILES string of the molecule is CCCCCCCC[C@@H]1C[C@H](c2ccc3ccccc3c2)CC(=O)N1O. The minimum absolute atomic E-state index is 0.0427. The lowest BCUT2D eigenvalue weighted by Gasteiger charge is -2.35. The Hall–Kier alpha value is -1.87. The number of amides is 1. The molecule has 2 aromatic carbocycles. The Morgan fingerprint density at radius 3 is 2.54 bits per heavy atom. The van der Waals surface area contributed by atoms with Crippen molar-refractivity contribution in [2.45, 2.75) is 76.7 Å². The highest BCUT2D eigenvalue weighted by Crippen LogP contribution is 2.34. The van der Waals surface area contributed by atoms with Crippen molar-refractivity contribution in [3.05, 3.63) is 48.0 Å². The van der Waals surface area contributed by atoms with E-state index in [1.54, 1.807) is 0 Å². The molecular weight excluding hydrogens is 322 g/mol. The number of hydrogen-bond acceptors (Lipinski definition) is 2. The van der Waals surface area contributed by atoms with Gasteiger partial charge in [0.1, 0.15) is 0 Å². The number of benzene rings is 2. The molecule has 0 unspecified atom stereocenters. The Labute approximate surface area is 157 Å². The van der Waals surface area contributed by atoms with Crippen LogP contribution in [0.15, 0.2) is 42.5 Å². The number of nitrogens with zero attached hydrogens (tertiary/aromatic N) is 1. The van der Waals surface area contributed by atoms with Gasteiger partial charge < -0.3 is 0 Å². The quantitative estimate of drug-likeness (QED) is 0.463. The Kier molecular flexibility index (Phi) is 6.67. The van der Waals surface area contributed by atoms with Crippen LogP contribution in [0, 0.1) is 0 Å². The first-order valence-electron chi connectivity index (χ1n) is 10.2. The second-order valence-corrected chi connectivity index (χ2v) is 7.69. The van der Waals surface area contributed by atoms with Crippen LogP contribution in [0.3, 0.4) is 0 Å². The van der Waals surface area contributed by atoms with E-state index in [9.17, 15) is 10.0 Å². The minimum Gasteiger partial charge on any atom is -0.286 e. The summed E-state index contributed by atoms with van der Waals surface area (Å²) < 4.78 is 0. The molecule has 3 heteroatoms. The van der Waals surface area contributed by atoms with Crippen LogP contribution in [0.5, 0.6) is 0 Å².